The normalized spacial score (nSPS) is 16.4. The van der Waals surface area contributed by atoms with Gasteiger partial charge in [-0.1, -0.05) is 37.6 Å². The third-order valence-electron chi connectivity index (χ3n) is 5.20. The molecule has 5 nitrogen and oxygen atoms in total. The number of aromatic nitrogens is 1. The number of nitrogens with zero attached hydrogens (tertiary/aromatic N) is 2. The van der Waals surface area contributed by atoms with Gasteiger partial charge in [0, 0.05) is 11.9 Å². The van der Waals surface area contributed by atoms with Crippen LogP contribution >= 0.6 is 11.3 Å². The second-order valence-electron chi connectivity index (χ2n) is 7.17. The molecule has 1 aliphatic rings. The van der Waals surface area contributed by atoms with Gasteiger partial charge in [-0.15, -0.1) is 11.3 Å². The van der Waals surface area contributed by atoms with Crippen molar-refractivity contribution in [3.63, 3.8) is 0 Å². The summed E-state index contributed by atoms with van der Waals surface area (Å²) in [6.07, 6.45) is 4.80. The SMILES string of the molecule is CCCCc1ccc(N2C(=O)C(O)=C(C(=O)c3cccs3)C2c2ccccn2)cc1. The van der Waals surface area contributed by atoms with Crippen molar-refractivity contribution in [2.24, 2.45) is 0 Å². The van der Waals surface area contributed by atoms with Gasteiger partial charge in [0.1, 0.15) is 6.04 Å². The van der Waals surface area contributed by atoms with Gasteiger partial charge in [-0.3, -0.25) is 19.5 Å². The van der Waals surface area contributed by atoms with Crippen molar-refractivity contribution in [1.82, 2.24) is 4.98 Å². The maximum absolute atomic E-state index is 13.2. The lowest BCUT2D eigenvalue weighted by atomic mass is 9.98. The van der Waals surface area contributed by atoms with E-state index in [0.29, 0.717) is 16.3 Å². The highest BCUT2D eigenvalue weighted by atomic mass is 32.1. The van der Waals surface area contributed by atoms with Crippen molar-refractivity contribution in [1.29, 1.82) is 0 Å². The van der Waals surface area contributed by atoms with E-state index in [4.69, 9.17) is 0 Å². The maximum Gasteiger partial charge on any atom is 0.294 e. The first kappa shape index (κ1) is 20.0. The van der Waals surface area contributed by atoms with Crippen LogP contribution in [0.1, 0.15) is 46.7 Å². The fourth-order valence-electron chi connectivity index (χ4n) is 3.67. The van der Waals surface area contributed by atoms with E-state index in [2.05, 4.69) is 11.9 Å². The van der Waals surface area contributed by atoms with Crippen LogP contribution in [0.2, 0.25) is 0 Å². The summed E-state index contributed by atoms with van der Waals surface area (Å²) >= 11 is 1.28. The van der Waals surface area contributed by atoms with E-state index >= 15 is 0 Å². The van der Waals surface area contributed by atoms with Crippen LogP contribution in [0.15, 0.2) is 77.5 Å². The molecule has 0 saturated carbocycles. The number of aliphatic hydroxyl groups excluding tert-OH is 1. The molecular weight excluding hydrogens is 396 g/mol. The Morgan fingerprint density at radius 1 is 1.13 bits per heavy atom. The fourth-order valence-corrected chi connectivity index (χ4v) is 4.34. The summed E-state index contributed by atoms with van der Waals surface area (Å²) in [5.74, 6) is -1.46. The molecule has 0 spiro atoms. The summed E-state index contributed by atoms with van der Waals surface area (Å²) in [4.78, 5) is 32.6. The fraction of sp³-hybridized carbons (Fsp3) is 0.208. The topological polar surface area (TPSA) is 70.5 Å². The second-order valence-corrected chi connectivity index (χ2v) is 8.12. The number of carbonyl (C=O) groups is 2. The lowest BCUT2D eigenvalue weighted by molar-refractivity contribution is -0.117. The molecule has 3 heterocycles. The zero-order valence-electron chi connectivity index (χ0n) is 16.6. The van der Waals surface area contributed by atoms with Crippen LogP contribution < -0.4 is 4.90 Å². The van der Waals surface area contributed by atoms with Crippen LogP contribution in [0.5, 0.6) is 0 Å². The molecule has 30 heavy (non-hydrogen) atoms. The number of aliphatic hydroxyl groups is 1. The predicted octanol–water partition coefficient (Wildman–Crippen LogP) is 5.27. The average molecular weight is 419 g/mol. The molecule has 1 N–H and O–H groups in total. The number of aryl methyl sites for hydroxylation is 1. The molecule has 1 unspecified atom stereocenters. The standard InChI is InChI=1S/C24H22N2O3S/c1-2-3-7-16-10-12-17(13-11-16)26-21(18-8-4-5-14-25-18)20(23(28)24(26)29)22(27)19-9-6-15-30-19/h4-6,8-15,21,28H,2-3,7H2,1H3. The number of Topliss-reactive ketones (excluding diaryl/α,β-unsaturated/α-hetero) is 1. The Kier molecular flexibility index (Phi) is 5.77. The van der Waals surface area contributed by atoms with E-state index in [1.165, 1.54) is 21.8 Å². The molecule has 0 radical (unpaired) electrons. The van der Waals surface area contributed by atoms with Gasteiger partial charge >= 0.3 is 0 Å². The van der Waals surface area contributed by atoms with Crippen LogP contribution in [0.3, 0.4) is 0 Å². The summed E-state index contributed by atoms with van der Waals surface area (Å²) in [6.45, 7) is 2.15. The number of benzene rings is 1. The van der Waals surface area contributed by atoms with Gasteiger partial charge in [-0.2, -0.15) is 0 Å². The number of ketones is 1. The monoisotopic (exact) mass is 418 g/mol. The predicted molar refractivity (Wildman–Crippen MR) is 118 cm³/mol. The Morgan fingerprint density at radius 2 is 1.93 bits per heavy atom. The lowest BCUT2D eigenvalue weighted by Gasteiger charge is -2.26. The minimum absolute atomic E-state index is 0.0659. The summed E-state index contributed by atoms with van der Waals surface area (Å²) in [5, 5.41) is 12.5. The summed E-state index contributed by atoms with van der Waals surface area (Å²) in [7, 11) is 0. The number of unbranched alkanes of at least 4 members (excludes halogenated alkanes) is 1. The summed E-state index contributed by atoms with van der Waals surface area (Å²) in [5.41, 5.74) is 2.41. The number of hydrogen-bond donors (Lipinski definition) is 1. The molecular formula is C24H22N2O3S. The van der Waals surface area contributed by atoms with E-state index in [1.807, 2.05) is 24.3 Å². The highest BCUT2D eigenvalue weighted by Crippen LogP contribution is 2.41. The van der Waals surface area contributed by atoms with Crippen molar-refractivity contribution in [2.75, 3.05) is 4.90 Å². The number of hydrogen-bond acceptors (Lipinski definition) is 5. The Hall–Kier alpha value is -3.25. The molecule has 0 aliphatic carbocycles. The van der Waals surface area contributed by atoms with E-state index in [0.717, 1.165) is 19.3 Å². The van der Waals surface area contributed by atoms with Crippen LogP contribution in [0, 0.1) is 0 Å². The van der Waals surface area contributed by atoms with Crippen molar-refractivity contribution < 1.29 is 14.7 Å². The molecule has 1 aromatic carbocycles. The average Bonchev–Trinajstić information content (AvgIpc) is 3.41. The van der Waals surface area contributed by atoms with E-state index in [1.54, 1.807) is 41.9 Å². The maximum atomic E-state index is 13.2. The Balaban J connectivity index is 1.77. The van der Waals surface area contributed by atoms with Crippen molar-refractivity contribution >= 4 is 28.7 Å². The van der Waals surface area contributed by atoms with E-state index in [9.17, 15) is 14.7 Å². The third-order valence-corrected chi connectivity index (χ3v) is 6.07. The van der Waals surface area contributed by atoms with Gasteiger partial charge in [0.15, 0.2) is 5.76 Å². The van der Waals surface area contributed by atoms with Crippen LogP contribution in [-0.4, -0.2) is 21.8 Å². The quantitative estimate of drug-likeness (QED) is 0.531. The lowest BCUT2D eigenvalue weighted by Crippen LogP contribution is -2.31. The summed E-state index contributed by atoms with van der Waals surface area (Å²) < 4.78 is 0. The smallest absolute Gasteiger partial charge is 0.294 e. The molecule has 1 atom stereocenters. The van der Waals surface area contributed by atoms with E-state index < -0.39 is 17.7 Å². The van der Waals surface area contributed by atoms with Gasteiger partial charge in [-0.25, -0.2) is 0 Å². The zero-order valence-corrected chi connectivity index (χ0v) is 17.4. The number of pyridine rings is 1. The Labute approximate surface area is 179 Å². The van der Waals surface area contributed by atoms with Crippen LogP contribution in [-0.2, 0) is 11.2 Å². The largest absolute Gasteiger partial charge is 0.503 e. The van der Waals surface area contributed by atoms with Gasteiger partial charge in [-0.05, 0) is 54.1 Å². The first-order valence-electron chi connectivity index (χ1n) is 9.96. The molecule has 152 valence electrons. The number of anilines is 1. The first-order chi connectivity index (χ1) is 14.6. The number of rotatable bonds is 7. The number of thiophene rings is 1. The van der Waals surface area contributed by atoms with Crippen molar-refractivity contribution in [3.05, 3.63) is 93.6 Å². The molecule has 0 fully saturated rings. The molecule has 3 aromatic rings. The highest BCUT2D eigenvalue weighted by molar-refractivity contribution is 7.12. The third kappa shape index (κ3) is 3.66. The van der Waals surface area contributed by atoms with Gasteiger partial charge in [0.05, 0.1) is 16.1 Å². The Bertz CT molecular complexity index is 1070. The van der Waals surface area contributed by atoms with Crippen LogP contribution in [0.4, 0.5) is 5.69 Å². The van der Waals surface area contributed by atoms with Gasteiger partial charge in [0.25, 0.3) is 5.91 Å². The summed E-state index contributed by atoms with van der Waals surface area (Å²) in [6, 6.07) is 15.7. The molecule has 1 amide bonds. The van der Waals surface area contributed by atoms with Crippen molar-refractivity contribution in [3.8, 4) is 0 Å². The molecule has 4 rings (SSSR count). The van der Waals surface area contributed by atoms with E-state index in [-0.39, 0.29) is 11.4 Å². The molecule has 2 aromatic heterocycles. The van der Waals surface area contributed by atoms with Gasteiger partial charge < -0.3 is 5.11 Å². The van der Waals surface area contributed by atoms with Crippen LogP contribution in [0.25, 0.3) is 0 Å². The Morgan fingerprint density at radius 3 is 2.57 bits per heavy atom. The number of amides is 1. The second kappa shape index (κ2) is 8.63. The number of carbonyl (C=O) groups excluding carboxylic acids is 2. The molecule has 1 aliphatic heterocycles. The van der Waals surface area contributed by atoms with Crippen molar-refractivity contribution in [2.45, 2.75) is 32.2 Å². The highest BCUT2D eigenvalue weighted by Gasteiger charge is 2.45. The minimum atomic E-state index is -0.783. The molecule has 6 heteroatoms. The van der Waals surface area contributed by atoms with Gasteiger partial charge in [0.2, 0.25) is 5.78 Å². The minimum Gasteiger partial charge on any atom is -0.503 e. The zero-order chi connectivity index (χ0) is 21.1. The first-order valence-corrected chi connectivity index (χ1v) is 10.8. The molecule has 0 bridgehead atoms. The molecule has 0 saturated heterocycles.